The van der Waals surface area contributed by atoms with Crippen LogP contribution in [0.3, 0.4) is 0 Å². The van der Waals surface area contributed by atoms with E-state index in [0.717, 1.165) is 38.5 Å². The molecule has 184 valence electrons. The minimum absolute atomic E-state index is 0.00218. The minimum Gasteiger partial charge on any atom is -0.481 e. The number of ketones is 1. The van der Waals surface area contributed by atoms with Crippen LogP contribution in [0.1, 0.15) is 93.4 Å². The molecule has 4 aliphatic rings. The Morgan fingerprint density at radius 3 is 2.42 bits per heavy atom. The normalized spacial score (nSPS) is 44.4. The highest BCUT2D eigenvalue weighted by Crippen LogP contribution is 2.73. The molecule has 0 radical (unpaired) electrons. The van der Waals surface area contributed by atoms with Crippen molar-refractivity contribution in [1.82, 2.24) is 0 Å². The third-order valence-corrected chi connectivity index (χ3v) is 11.3. The molecule has 4 nitrogen and oxygen atoms in total. The Balaban J connectivity index is 1.69. The molecule has 0 spiro atoms. The van der Waals surface area contributed by atoms with Crippen molar-refractivity contribution in [1.29, 1.82) is 0 Å². The van der Waals surface area contributed by atoms with E-state index in [1.54, 1.807) is 0 Å². The summed E-state index contributed by atoms with van der Waals surface area (Å²) in [5.41, 5.74) is 1.57. The maximum atomic E-state index is 13.1. The summed E-state index contributed by atoms with van der Waals surface area (Å²) in [6, 6.07) is 0. The predicted octanol–water partition coefficient (Wildman–Crippen LogP) is 6.19. The largest absolute Gasteiger partial charge is 0.481 e. The summed E-state index contributed by atoms with van der Waals surface area (Å²) in [7, 11) is 0. The second-order valence-corrected chi connectivity index (χ2v) is 13.1. The lowest BCUT2D eigenvalue weighted by molar-refractivity contribution is -0.147. The van der Waals surface area contributed by atoms with Gasteiger partial charge in [0.2, 0.25) is 0 Å². The van der Waals surface area contributed by atoms with Gasteiger partial charge < -0.3 is 10.2 Å². The number of carboxylic acid groups (broad SMARTS) is 1. The number of carbonyl (C=O) groups excluding carboxylic acids is 1. The van der Waals surface area contributed by atoms with Gasteiger partial charge in [-0.2, -0.15) is 0 Å². The number of fused-ring (bicyclic) bond motifs is 5. The standard InChI is InChI=1S/C29H44O4/c1-17(2)9-8-10-18(25(32)33)19-13-15-28(6)20-11-12-22-26(3,4)23(30)24(31)29(22,7)21(20)14-16-27(19,28)5/h9,11,18-19,21-22,24,31H,8,10,12-16H2,1-7H3,(H,32,33). The zero-order chi connectivity index (χ0) is 24.6. The van der Waals surface area contributed by atoms with E-state index in [1.807, 2.05) is 13.8 Å². The number of rotatable bonds is 5. The van der Waals surface area contributed by atoms with Crippen LogP contribution in [0.25, 0.3) is 0 Å². The van der Waals surface area contributed by atoms with Gasteiger partial charge in [0, 0.05) is 10.8 Å². The van der Waals surface area contributed by atoms with Gasteiger partial charge >= 0.3 is 5.97 Å². The van der Waals surface area contributed by atoms with Crippen LogP contribution in [0.15, 0.2) is 23.3 Å². The van der Waals surface area contributed by atoms with E-state index >= 15 is 0 Å². The van der Waals surface area contributed by atoms with E-state index in [-0.39, 0.29) is 40.3 Å². The summed E-state index contributed by atoms with van der Waals surface area (Å²) in [4.78, 5) is 25.5. The topological polar surface area (TPSA) is 74.6 Å². The number of carboxylic acids is 1. The molecule has 4 heteroatoms. The van der Waals surface area contributed by atoms with Crippen LogP contribution in [0.2, 0.25) is 0 Å². The van der Waals surface area contributed by atoms with Crippen molar-refractivity contribution in [3.05, 3.63) is 23.3 Å². The number of aliphatic hydroxyl groups excluding tert-OH is 1. The SMILES string of the molecule is CC(C)=CCCC(C(=O)O)C1CCC2(C)C3=CCC4C(C)(C)C(=O)C(O)C4(C)C3CCC12C. The molecule has 8 atom stereocenters. The molecule has 0 aliphatic heterocycles. The molecule has 0 saturated heterocycles. The Labute approximate surface area is 199 Å². The number of allylic oxidation sites excluding steroid dienone is 4. The van der Waals surface area contributed by atoms with E-state index in [9.17, 15) is 19.8 Å². The molecule has 3 fully saturated rings. The van der Waals surface area contributed by atoms with Gasteiger partial charge in [0.1, 0.15) is 6.10 Å². The Morgan fingerprint density at radius 1 is 1.15 bits per heavy atom. The van der Waals surface area contributed by atoms with E-state index < -0.39 is 22.9 Å². The second-order valence-electron chi connectivity index (χ2n) is 13.1. The van der Waals surface area contributed by atoms with E-state index in [4.69, 9.17) is 0 Å². The zero-order valence-electron chi connectivity index (χ0n) is 21.7. The van der Waals surface area contributed by atoms with Crippen molar-refractivity contribution in [3.63, 3.8) is 0 Å². The van der Waals surface area contributed by atoms with Gasteiger partial charge in [0.15, 0.2) is 5.78 Å². The fourth-order valence-electron chi connectivity index (χ4n) is 9.09. The molecular weight excluding hydrogens is 412 g/mol. The molecule has 33 heavy (non-hydrogen) atoms. The monoisotopic (exact) mass is 456 g/mol. The van der Waals surface area contributed by atoms with Gasteiger partial charge in [-0.25, -0.2) is 0 Å². The number of hydrogen-bond acceptors (Lipinski definition) is 3. The lowest BCUT2D eigenvalue weighted by Crippen LogP contribution is -2.54. The van der Waals surface area contributed by atoms with Crippen molar-refractivity contribution >= 4 is 11.8 Å². The quantitative estimate of drug-likeness (QED) is 0.484. The molecule has 0 aromatic heterocycles. The molecule has 0 amide bonds. The number of aliphatic hydroxyl groups is 1. The molecule has 8 unspecified atom stereocenters. The third kappa shape index (κ3) is 3.18. The van der Waals surface area contributed by atoms with Crippen LogP contribution in [-0.4, -0.2) is 28.1 Å². The first-order chi connectivity index (χ1) is 15.2. The highest BCUT2D eigenvalue weighted by atomic mass is 16.4. The fourth-order valence-corrected chi connectivity index (χ4v) is 9.09. The average molecular weight is 457 g/mol. The highest BCUT2D eigenvalue weighted by molar-refractivity contribution is 5.92. The summed E-state index contributed by atoms with van der Waals surface area (Å²) in [6.45, 7) is 15.0. The molecule has 0 heterocycles. The molecule has 4 aliphatic carbocycles. The molecule has 0 aromatic rings. The first-order valence-corrected chi connectivity index (χ1v) is 13.0. The second kappa shape index (κ2) is 7.80. The van der Waals surface area contributed by atoms with Gasteiger partial charge in [0.05, 0.1) is 5.92 Å². The van der Waals surface area contributed by atoms with Crippen LogP contribution in [0, 0.1) is 45.3 Å². The predicted molar refractivity (Wildman–Crippen MR) is 131 cm³/mol. The Kier molecular flexibility index (Phi) is 5.84. The third-order valence-electron chi connectivity index (χ3n) is 11.3. The van der Waals surface area contributed by atoms with Crippen molar-refractivity contribution in [3.8, 4) is 0 Å². The summed E-state index contributed by atoms with van der Waals surface area (Å²) in [5.74, 6) is -0.473. The first-order valence-electron chi connectivity index (χ1n) is 13.0. The van der Waals surface area contributed by atoms with Crippen LogP contribution >= 0.6 is 0 Å². The number of Topliss-reactive ketones (excluding diaryl/α,β-unsaturated/α-hetero) is 1. The van der Waals surface area contributed by atoms with Crippen molar-refractivity contribution in [2.24, 2.45) is 45.3 Å². The van der Waals surface area contributed by atoms with Crippen molar-refractivity contribution in [2.75, 3.05) is 0 Å². The highest BCUT2D eigenvalue weighted by Gasteiger charge is 2.70. The molecule has 2 N–H and O–H groups in total. The molecule has 3 saturated carbocycles. The Bertz CT molecular complexity index is 909. The van der Waals surface area contributed by atoms with E-state index in [2.05, 4.69) is 46.8 Å². The molecule has 0 aromatic carbocycles. The summed E-state index contributed by atoms with van der Waals surface area (Å²) in [5, 5.41) is 21.4. The number of aliphatic carboxylic acids is 1. The van der Waals surface area contributed by atoms with Crippen LogP contribution in [0.5, 0.6) is 0 Å². The van der Waals surface area contributed by atoms with E-state index in [1.165, 1.54) is 11.1 Å². The first kappa shape index (κ1) is 24.7. The summed E-state index contributed by atoms with van der Waals surface area (Å²) < 4.78 is 0. The number of carbonyl (C=O) groups is 2. The van der Waals surface area contributed by atoms with Crippen LogP contribution in [-0.2, 0) is 9.59 Å². The van der Waals surface area contributed by atoms with Crippen molar-refractivity contribution in [2.45, 2.75) is 99.5 Å². The van der Waals surface area contributed by atoms with Gasteiger partial charge in [0.25, 0.3) is 0 Å². The lowest BCUT2D eigenvalue weighted by atomic mass is 9.44. The zero-order valence-corrected chi connectivity index (χ0v) is 21.7. The molecule has 0 bridgehead atoms. The van der Waals surface area contributed by atoms with Gasteiger partial charge in [-0.1, -0.05) is 57.9 Å². The average Bonchev–Trinajstić information content (AvgIpc) is 3.07. The van der Waals surface area contributed by atoms with Gasteiger partial charge in [-0.15, -0.1) is 0 Å². The smallest absolute Gasteiger partial charge is 0.306 e. The van der Waals surface area contributed by atoms with Crippen LogP contribution in [0.4, 0.5) is 0 Å². The Morgan fingerprint density at radius 2 is 1.82 bits per heavy atom. The molecular formula is C29H44O4. The summed E-state index contributed by atoms with van der Waals surface area (Å²) in [6.07, 6.45) is 9.83. The van der Waals surface area contributed by atoms with Crippen LogP contribution < -0.4 is 0 Å². The lowest BCUT2D eigenvalue weighted by Gasteiger charge is -2.59. The van der Waals surface area contributed by atoms with Gasteiger partial charge in [-0.3, -0.25) is 9.59 Å². The summed E-state index contributed by atoms with van der Waals surface area (Å²) >= 11 is 0. The van der Waals surface area contributed by atoms with Gasteiger partial charge in [-0.05, 0) is 87.4 Å². The fraction of sp³-hybridized carbons (Fsp3) is 0.793. The molecule has 4 rings (SSSR count). The maximum absolute atomic E-state index is 13.1. The Hall–Kier alpha value is -1.42. The number of hydrogen-bond donors (Lipinski definition) is 2. The maximum Gasteiger partial charge on any atom is 0.306 e. The van der Waals surface area contributed by atoms with E-state index in [0.29, 0.717) is 6.42 Å². The minimum atomic E-state index is -0.910. The van der Waals surface area contributed by atoms with Crippen molar-refractivity contribution < 1.29 is 19.8 Å².